The standard InChI is InChI=1S/C12H12FN5O3/c13-7-2-1-3-8(4-7)20-6-10(19)21-5-9-16-11(14)18-12(15)17-9/h1-4H,5-6H2,(H4,14,15,16,17,18). The van der Waals surface area contributed by atoms with E-state index < -0.39 is 11.8 Å². The number of hydrogen-bond acceptors (Lipinski definition) is 8. The van der Waals surface area contributed by atoms with Crippen LogP contribution in [0.1, 0.15) is 5.82 Å². The molecule has 0 fully saturated rings. The third-order valence-electron chi connectivity index (χ3n) is 2.23. The average molecular weight is 293 g/mol. The monoisotopic (exact) mass is 293 g/mol. The molecule has 21 heavy (non-hydrogen) atoms. The van der Waals surface area contributed by atoms with Gasteiger partial charge in [0.05, 0.1) is 0 Å². The smallest absolute Gasteiger partial charge is 0.344 e. The number of aromatic nitrogens is 3. The van der Waals surface area contributed by atoms with Crippen molar-refractivity contribution in [3.63, 3.8) is 0 Å². The van der Waals surface area contributed by atoms with Gasteiger partial charge in [-0.3, -0.25) is 0 Å². The van der Waals surface area contributed by atoms with Crippen molar-refractivity contribution in [2.24, 2.45) is 0 Å². The summed E-state index contributed by atoms with van der Waals surface area (Å²) in [5.41, 5.74) is 10.7. The molecule has 0 saturated heterocycles. The molecule has 0 spiro atoms. The van der Waals surface area contributed by atoms with Crippen molar-refractivity contribution in [1.29, 1.82) is 0 Å². The molecule has 0 amide bonds. The Kier molecular flexibility index (Phi) is 4.44. The molecule has 1 aromatic heterocycles. The van der Waals surface area contributed by atoms with Crippen LogP contribution in [-0.4, -0.2) is 27.5 Å². The van der Waals surface area contributed by atoms with E-state index in [1.165, 1.54) is 18.2 Å². The van der Waals surface area contributed by atoms with Crippen molar-refractivity contribution in [1.82, 2.24) is 15.0 Å². The lowest BCUT2D eigenvalue weighted by Crippen LogP contribution is -2.16. The van der Waals surface area contributed by atoms with Crippen LogP contribution in [0.25, 0.3) is 0 Å². The SMILES string of the molecule is Nc1nc(N)nc(COC(=O)COc2cccc(F)c2)n1. The predicted octanol–water partition coefficient (Wildman–Crippen LogP) is 0.297. The van der Waals surface area contributed by atoms with Gasteiger partial charge in [-0.15, -0.1) is 0 Å². The lowest BCUT2D eigenvalue weighted by atomic mass is 10.3. The second kappa shape index (κ2) is 6.46. The van der Waals surface area contributed by atoms with Gasteiger partial charge in [-0.2, -0.15) is 15.0 Å². The van der Waals surface area contributed by atoms with Gasteiger partial charge in [0.15, 0.2) is 19.0 Å². The van der Waals surface area contributed by atoms with Gasteiger partial charge in [0.2, 0.25) is 11.9 Å². The summed E-state index contributed by atoms with van der Waals surface area (Å²) in [7, 11) is 0. The normalized spacial score (nSPS) is 10.1. The van der Waals surface area contributed by atoms with Crippen LogP contribution in [0, 0.1) is 5.82 Å². The number of nitrogens with two attached hydrogens (primary N) is 2. The van der Waals surface area contributed by atoms with Gasteiger partial charge in [-0.1, -0.05) is 6.07 Å². The molecule has 110 valence electrons. The zero-order chi connectivity index (χ0) is 15.2. The van der Waals surface area contributed by atoms with Crippen LogP contribution in [0.5, 0.6) is 5.75 Å². The maximum absolute atomic E-state index is 12.9. The van der Waals surface area contributed by atoms with E-state index in [0.29, 0.717) is 0 Å². The number of carbonyl (C=O) groups excluding carboxylic acids is 1. The van der Waals surface area contributed by atoms with E-state index in [4.69, 9.17) is 20.9 Å². The van der Waals surface area contributed by atoms with Crippen LogP contribution in [-0.2, 0) is 16.1 Å². The number of halogens is 1. The minimum atomic E-state index is -0.670. The minimum absolute atomic E-state index is 0.0652. The molecule has 1 heterocycles. The summed E-state index contributed by atoms with van der Waals surface area (Å²) < 4.78 is 22.8. The molecule has 9 heteroatoms. The van der Waals surface area contributed by atoms with Gasteiger partial charge >= 0.3 is 5.97 Å². The highest BCUT2D eigenvalue weighted by molar-refractivity contribution is 5.71. The molecule has 1 aromatic carbocycles. The summed E-state index contributed by atoms with van der Waals surface area (Å²) >= 11 is 0. The quantitative estimate of drug-likeness (QED) is 0.753. The van der Waals surface area contributed by atoms with Crippen molar-refractivity contribution >= 4 is 17.9 Å². The molecule has 8 nitrogen and oxygen atoms in total. The minimum Gasteiger partial charge on any atom is -0.482 e. The molecule has 2 aromatic rings. The van der Waals surface area contributed by atoms with Crippen molar-refractivity contribution in [3.8, 4) is 5.75 Å². The molecule has 0 aliphatic carbocycles. The van der Waals surface area contributed by atoms with Gasteiger partial charge in [0, 0.05) is 6.07 Å². The van der Waals surface area contributed by atoms with E-state index >= 15 is 0 Å². The summed E-state index contributed by atoms with van der Waals surface area (Å²) in [5, 5.41) is 0. The first-order valence-corrected chi connectivity index (χ1v) is 5.83. The largest absolute Gasteiger partial charge is 0.482 e. The van der Waals surface area contributed by atoms with Crippen molar-refractivity contribution in [2.45, 2.75) is 6.61 Å². The van der Waals surface area contributed by atoms with Crippen LogP contribution >= 0.6 is 0 Å². The Morgan fingerprint density at radius 1 is 1.19 bits per heavy atom. The zero-order valence-corrected chi connectivity index (χ0v) is 10.8. The Hall–Kier alpha value is -2.97. The number of anilines is 2. The number of rotatable bonds is 5. The molecule has 0 radical (unpaired) electrons. The van der Waals surface area contributed by atoms with Gasteiger partial charge in [-0.25, -0.2) is 9.18 Å². The number of carbonyl (C=O) groups is 1. The predicted molar refractivity (Wildman–Crippen MR) is 70.3 cm³/mol. The number of nitrogens with zero attached hydrogens (tertiary/aromatic N) is 3. The van der Waals surface area contributed by atoms with E-state index in [-0.39, 0.29) is 36.7 Å². The fraction of sp³-hybridized carbons (Fsp3) is 0.167. The van der Waals surface area contributed by atoms with Crippen LogP contribution < -0.4 is 16.2 Å². The molecule has 0 aliphatic heterocycles. The summed E-state index contributed by atoms with van der Waals surface area (Å²) in [5.74, 6) is -0.914. The summed E-state index contributed by atoms with van der Waals surface area (Å²) in [6, 6.07) is 5.40. The first kappa shape index (κ1) is 14.4. The second-order valence-corrected chi connectivity index (χ2v) is 3.87. The number of nitrogen functional groups attached to an aromatic ring is 2. The fourth-order valence-electron chi connectivity index (χ4n) is 1.41. The van der Waals surface area contributed by atoms with E-state index in [1.807, 2.05) is 0 Å². The Balaban J connectivity index is 1.82. The second-order valence-electron chi connectivity index (χ2n) is 3.87. The van der Waals surface area contributed by atoms with Gasteiger partial charge < -0.3 is 20.9 Å². The Morgan fingerprint density at radius 2 is 1.90 bits per heavy atom. The van der Waals surface area contributed by atoms with Crippen LogP contribution in [0.2, 0.25) is 0 Å². The molecule has 0 unspecified atom stereocenters. The Morgan fingerprint density at radius 3 is 2.57 bits per heavy atom. The third kappa shape index (κ3) is 4.56. The first-order chi connectivity index (χ1) is 10.0. The first-order valence-electron chi connectivity index (χ1n) is 5.83. The van der Waals surface area contributed by atoms with E-state index in [2.05, 4.69) is 15.0 Å². The number of esters is 1. The number of hydrogen-bond donors (Lipinski definition) is 2. The number of ether oxygens (including phenoxy) is 2. The maximum Gasteiger partial charge on any atom is 0.344 e. The Labute approximate surface area is 118 Å². The van der Waals surface area contributed by atoms with Gasteiger partial charge in [0.25, 0.3) is 0 Å². The third-order valence-corrected chi connectivity index (χ3v) is 2.23. The molecular weight excluding hydrogens is 281 g/mol. The fourth-order valence-corrected chi connectivity index (χ4v) is 1.41. The highest BCUT2D eigenvalue weighted by Gasteiger charge is 2.08. The molecule has 0 atom stereocenters. The van der Waals surface area contributed by atoms with E-state index in [9.17, 15) is 9.18 Å². The molecule has 0 saturated carbocycles. The van der Waals surface area contributed by atoms with Crippen molar-refractivity contribution in [2.75, 3.05) is 18.1 Å². The van der Waals surface area contributed by atoms with Crippen LogP contribution in [0.4, 0.5) is 16.3 Å². The van der Waals surface area contributed by atoms with Crippen molar-refractivity contribution < 1.29 is 18.7 Å². The average Bonchev–Trinajstić information content (AvgIpc) is 2.42. The highest BCUT2D eigenvalue weighted by Crippen LogP contribution is 2.11. The lowest BCUT2D eigenvalue weighted by Gasteiger charge is -2.07. The molecule has 4 N–H and O–H groups in total. The summed E-state index contributed by atoms with van der Waals surface area (Å²) in [6.07, 6.45) is 0. The van der Waals surface area contributed by atoms with Gasteiger partial charge in [-0.05, 0) is 12.1 Å². The molecule has 2 rings (SSSR count). The van der Waals surface area contributed by atoms with Gasteiger partial charge in [0.1, 0.15) is 11.6 Å². The van der Waals surface area contributed by atoms with Crippen LogP contribution in [0.3, 0.4) is 0 Å². The highest BCUT2D eigenvalue weighted by atomic mass is 19.1. The maximum atomic E-state index is 12.9. The van der Waals surface area contributed by atoms with Crippen LogP contribution in [0.15, 0.2) is 24.3 Å². The molecule has 0 aliphatic rings. The number of benzene rings is 1. The molecular formula is C12H12FN5O3. The zero-order valence-electron chi connectivity index (χ0n) is 10.8. The summed E-state index contributed by atoms with van der Waals surface area (Å²) in [6.45, 7) is -0.595. The Bertz CT molecular complexity index is 632. The van der Waals surface area contributed by atoms with E-state index in [1.54, 1.807) is 0 Å². The van der Waals surface area contributed by atoms with Crippen molar-refractivity contribution in [3.05, 3.63) is 35.9 Å². The topological polar surface area (TPSA) is 126 Å². The summed E-state index contributed by atoms with van der Waals surface area (Å²) in [4.78, 5) is 22.5. The van der Waals surface area contributed by atoms with E-state index in [0.717, 1.165) is 6.07 Å². The molecule has 0 bridgehead atoms. The lowest BCUT2D eigenvalue weighted by molar-refractivity contribution is -0.147.